The zero-order valence-corrected chi connectivity index (χ0v) is 16.3. The molecular formula is C18H29ClN4O2. The Morgan fingerprint density at radius 2 is 2.00 bits per heavy atom. The van der Waals surface area contributed by atoms with Gasteiger partial charge in [-0.05, 0) is 32.9 Å². The summed E-state index contributed by atoms with van der Waals surface area (Å²) >= 11 is 6.14. The van der Waals surface area contributed by atoms with Gasteiger partial charge in [0.25, 0.3) is 5.91 Å². The van der Waals surface area contributed by atoms with Crippen LogP contribution >= 0.6 is 11.6 Å². The van der Waals surface area contributed by atoms with E-state index in [1.807, 2.05) is 13.8 Å². The van der Waals surface area contributed by atoms with Crippen LogP contribution in [0.1, 0.15) is 31.1 Å². The second-order valence-electron chi connectivity index (χ2n) is 7.10. The number of likely N-dealkylation sites (N-methyl/N-ethyl adjacent to an activating group) is 1. The van der Waals surface area contributed by atoms with E-state index in [9.17, 15) is 4.79 Å². The summed E-state index contributed by atoms with van der Waals surface area (Å²) in [5.41, 5.74) is 0.452. The van der Waals surface area contributed by atoms with E-state index in [2.05, 4.69) is 34.1 Å². The summed E-state index contributed by atoms with van der Waals surface area (Å²) in [7, 11) is 2.15. The van der Waals surface area contributed by atoms with Crippen LogP contribution in [0.5, 0.6) is 5.88 Å². The lowest BCUT2D eigenvalue weighted by Crippen LogP contribution is -2.46. The number of aromatic nitrogens is 1. The third-order valence-electron chi connectivity index (χ3n) is 4.19. The third-order valence-corrected chi connectivity index (χ3v) is 4.46. The van der Waals surface area contributed by atoms with Crippen molar-refractivity contribution in [3.8, 4) is 5.88 Å². The molecule has 0 radical (unpaired) electrons. The molecule has 1 unspecified atom stereocenters. The van der Waals surface area contributed by atoms with Crippen molar-refractivity contribution in [1.82, 2.24) is 20.1 Å². The number of nitrogens with one attached hydrogen (secondary N) is 1. The van der Waals surface area contributed by atoms with Gasteiger partial charge in [-0.2, -0.15) is 0 Å². The third kappa shape index (κ3) is 6.45. The fraction of sp³-hybridized carbons (Fsp3) is 0.667. The summed E-state index contributed by atoms with van der Waals surface area (Å²) in [6.07, 6.45) is 1.49. The van der Waals surface area contributed by atoms with E-state index in [1.165, 1.54) is 6.20 Å². The Balaban J connectivity index is 1.80. The molecule has 1 aliphatic heterocycles. The van der Waals surface area contributed by atoms with Gasteiger partial charge in [-0.3, -0.25) is 4.79 Å². The minimum Gasteiger partial charge on any atom is -0.474 e. The van der Waals surface area contributed by atoms with Gasteiger partial charge in [0.15, 0.2) is 0 Å². The van der Waals surface area contributed by atoms with Crippen LogP contribution in [0.25, 0.3) is 0 Å². The highest BCUT2D eigenvalue weighted by atomic mass is 35.5. The Morgan fingerprint density at radius 3 is 2.60 bits per heavy atom. The van der Waals surface area contributed by atoms with Gasteiger partial charge in [0, 0.05) is 45.5 Å². The van der Waals surface area contributed by atoms with Crippen molar-refractivity contribution >= 4 is 17.5 Å². The highest BCUT2D eigenvalue weighted by Crippen LogP contribution is 2.23. The number of amides is 1. The molecule has 1 aromatic heterocycles. The van der Waals surface area contributed by atoms with E-state index < -0.39 is 0 Å². The SMILES string of the molecule is CC(CNC(=O)c1cnc(OC(C)C)c(Cl)c1)CN1CCN(C)CC1. The first-order chi connectivity index (χ1) is 11.8. The van der Waals surface area contributed by atoms with Crippen LogP contribution in [0.4, 0.5) is 0 Å². The zero-order valence-electron chi connectivity index (χ0n) is 15.6. The molecule has 0 saturated carbocycles. The van der Waals surface area contributed by atoms with Gasteiger partial charge in [-0.15, -0.1) is 0 Å². The lowest BCUT2D eigenvalue weighted by Gasteiger charge is -2.33. The molecule has 6 nitrogen and oxygen atoms in total. The number of rotatable bonds is 7. The fourth-order valence-corrected chi connectivity index (χ4v) is 2.98. The van der Waals surface area contributed by atoms with Gasteiger partial charge in [-0.25, -0.2) is 4.98 Å². The van der Waals surface area contributed by atoms with E-state index in [1.54, 1.807) is 6.07 Å². The Labute approximate surface area is 155 Å². The predicted molar refractivity (Wildman–Crippen MR) is 100 cm³/mol. The molecule has 1 saturated heterocycles. The van der Waals surface area contributed by atoms with Crippen LogP contribution in [-0.4, -0.2) is 73.1 Å². The Bertz CT molecular complexity index is 574. The highest BCUT2D eigenvalue weighted by Gasteiger charge is 2.17. The first kappa shape index (κ1) is 19.9. The predicted octanol–water partition coefficient (Wildman–Crippen LogP) is 2.14. The smallest absolute Gasteiger partial charge is 0.252 e. The first-order valence-corrected chi connectivity index (χ1v) is 9.24. The number of halogens is 1. The van der Waals surface area contributed by atoms with Gasteiger partial charge in [-0.1, -0.05) is 18.5 Å². The van der Waals surface area contributed by atoms with Crippen molar-refractivity contribution in [2.24, 2.45) is 5.92 Å². The van der Waals surface area contributed by atoms with Gasteiger partial charge >= 0.3 is 0 Å². The van der Waals surface area contributed by atoms with Gasteiger partial charge < -0.3 is 19.9 Å². The number of carbonyl (C=O) groups is 1. The lowest BCUT2D eigenvalue weighted by atomic mass is 10.1. The van der Waals surface area contributed by atoms with Crippen LogP contribution in [0.2, 0.25) is 5.02 Å². The number of carbonyl (C=O) groups excluding carboxylic acids is 1. The van der Waals surface area contributed by atoms with Crippen LogP contribution in [-0.2, 0) is 0 Å². The average Bonchev–Trinajstić information content (AvgIpc) is 2.56. The van der Waals surface area contributed by atoms with E-state index in [-0.39, 0.29) is 12.0 Å². The molecule has 1 aromatic rings. The van der Waals surface area contributed by atoms with Crippen molar-refractivity contribution < 1.29 is 9.53 Å². The molecule has 2 rings (SSSR count). The van der Waals surface area contributed by atoms with Gasteiger partial charge in [0.05, 0.1) is 11.7 Å². The van der Waals surface area contributed by atoms with Crippen LogP contribution in [0.15, 0.2) is 12.3 Å². The number of pyridine rings is 1. The van der Waals surface area contributed by atoms with E-state index in [0.717, 1.165) is 32.7 Å². The number of hydrogen-bond donors (Lipinski definition) is 1. The molecule has 1 fully saturated rings. The molecule has 2 heterocycles. The Hall–Kier alpha value is -1.37. The lowest BCUT2D eigenvalue weighted by molar-refractivity contribution is 0.0937. The molecular weight excluding hydrogens is 340 g/mol. The molecule has 1 amide bonds. The van der Waals surface area contributed by atoms with Crippen molar-refractivity contribution in [2.45, 2.75) is 26.9 Å². The molecule has 25 heavy (non-hydrogen) atoms. The maximum atomic E-state index is 12.3. The molecule has 1 N–H and O–H groups in total. The number of nitrogens with zero attached hydrogens (tertiary/aromatic N) is 3. The van der Waals surface area contributed by atoms with Crippen LogP contribution < -0.4 is 10.1 Å². The highest BCUT2D eigenvalue weighted by molar-refractivity contribution is 6.32. The van der Waals surface area contributed by atoms with Crippen molar-refractivity contribution in [3.63, 3.8) is 0 Å². The zero-order chi connectivity index (χ0) is 18.4. The second-order valence-corrected chi connectivity index (χ2v) is 7.50. The normalized spacial score (nSPS) is 17.5. The fourth-order valence-electron chi connectivity index (χ4n) is 2.76. The van der Waals surface area contributed by atoms with Crippen molar-refractivity contribution in [3.05, 3.63) is 22.8 Å². The minimum absolute atomic E-state index is 0.0138. The maximum absolute atomic E-state index is 12.3. The van der Waals surface area contributed by atoms with Crippen LogP contribution in [0.3, 0.4) is 0 Å². The monoisotopic (exact) mass is 368 g/mol. The summed E-state index contributed by atoms with van der Waals surface area (Å²) < 4.78 is 5.49. The Kier molecular flexibility index (Phi) is 7.47. The van der Waals surface area contributed by atoms with Crippen LogP contribution in [0, 0.1) is 5.92 Å². The minimum atomic E-state index is -0.157. The van der Waals surface area contributed by atoms with E-state index in [4.69, 9.17) is 16.3 Å². The number of hydrogen-bond acceptors (Lipinski definition) is 5. The quantitative estimate of drug-likeness (QED) is 0.799. The molecule has 1 atom stereocenters. The Morgan fingerprint density at radius 1 is 1.32 bits per heavy atom. The molecule has 0 bridgehead atoms. The summed E-state index contributed by atoms with van der Waals surface area (Å²) in [4.78, 5) is 21.2. The summed E-state index contributed by atoms with van der Waals surface area (Å²) in [5.74, 6) is 0.590. The summed E-state index contributed by atoms with van der Waals surface area (Å²) in [6.45, 7) is 12.0. The molecule has 1 aliphatic rings. The van der Waals surface area contributed by atoms with E-state index in [0.29, 0.717) is 28.9 Å². The topological polar surface area (TPSA) is 57.7 Å². The standard InChI is InChI=1S/C18H29ClN4O2/c1-13(2)25-18-16(19)9-15(11-21-18)17(24)20-10-14(3)12-23-7-5-22(4)6-8-23/h9,11,13-14H,5-8,10,12H2,1-4H3,(H,20,24). The van der Waals surface area contributed by atoms with Crippen molar-refractivity contribution in [1.29, 1.82) is 0 Å². The largest absolute Gasteiger partial charge is 0.474 e. The molecule has 140 valence electrons. The molecule has 0 aromatic carbocycles. The second kappa shape index (κ2) is 9.36. The number of piperazine rings is 1. The molecule has 7 heteroatoms. The van der Waals surface area contributed by atoms with Gasteiger partial charge in [0.1, 0.15) is 5.02 Å². The molecule has 0 aliphatic carbocycles. The average molecular weight is 369 g/mol. The number of ether oxygens (including phenoxy) is 1. The van der Waals surface area contributed by atoms with Crippen molar-refractivity contribution in [2.75, 3.05) is 46.3 Å². The first-order valence-electron chi connectivity index (χ1n) is 8.86. The maximum Gasteiger partial charge on any atom is 0.252 e. The van der Waals surface area contributed by atoms with Gasteiger partial charge in [0.2, 0.25) is 5.88 Å². The van der Waals surface area contributed by atoms with E-state index >= 15 is 0 Å². The molecule has 0 spiro atoms. The summed E-state index contributed by atoms with van der Waals surface area (Å²) in [5, 5.41) is 3.32. The summed E-state index contributed by atoms with van der Waals surface area (Å²) in [6, 6.07) is 1.60.